The molecule has 0 aromatic heterocycles. The topological polar surface area (TPSA) is 95.9 Å². The van der Waals surface area contributed by atoms with Crippen LogP contribution in [0.25, 0.3) is 0 Å². The number of rotatable bonds is 3. The number of carbonyl (C=O) groups excluding carboxylic acids is 2. The number of hydrogen-bond donors (Lipinski definition) is 2. The summed E-state index contributed by atoms with van der Waals surface area (Å²) in [7, 11) is 1.32. The number of methoxy groups -OCH3 is 1. The maximum absolute atomic E-state index is 12.2. The largest absolute Gasteiger partial charge is 0.477 e. The minimum Gasteiger partial charge on any atom is -0.477 e. The van der Waals surface area contributed by atoms with E-state index in [-0.39, 0.29) is 5.70 Å². The summed E-state index contributed by atoms with van der Waals surface area (Å²) < 4.78 is 5.17. The van der Waals surface area contributed by atoms with E-state index in [0.717, 1.165) is 0 Å². The van der Waals surface area contributed by atoms with E-state index in [0.29, 0.717) is 11.3 Å². The first-order chi connectivity index (χ1) is 8.85. The number of ether oxygens (including phenoxy) is 1. The predicted molar refractivity (Wildman–Crippen MR) is 67.0 cm³/mol. The minimum absolute atomic E-state index is 0.0215. The average Bonchev–Trinajstić information content (AvgIpc) is 2.34. The van der Waals surface area contributed by atoms with Gasteiger partial charge in [0, 0.05) is 19.8 Å². The Morgan fingerprint density at radius 3 is 2.68 bits per heavy atom. The van der Waals surface area contributed by atoms with Gasteiger partial charge in [-0.15, -0.1) is 11.8 Å². The molecule has 2 heterocycles. The lowest BCUT2D eigenvalue weighted by Gasteiger charge is -2.55. The van der Waals surface area contributed by atoms with E-state index in [2.05, 4.69) is 5.32 Å². The molecule has 0 spiro atoms. The molecule has 1 fully saturated rings. The van der Waals surface area contributed by atoms with Gasteiger partial charge < -0.3 is 15.2 Å². The maximum atomic E-state index is 12.2. The van der Waals surface area contributed by atoms with Crippen molar-refractivity contribution in [2.24, 2.45) is 0 Å². The van der Waals surface area contributed by atoms with Gasteiger partial charge in [-0.05, 0) is 12.5 Å². The third kappa shape index (κ3) is 1.82. The van der Waals surface area contributed by atoms with Crippen LogP contribution in [0.2, 0.25) is 0 Å². The molecule has 1 unspecified atom stereocenters. The van der Waals surface area contributed by atoms with Crippen molar-refractivity contribution in [2.75, 3.05) is 12.9 Å². The molecule has 2 aliphatic heterocycles. The maximum Gasteiger partial charge on any atom is 0.352 e. The highest BCUT2D eigenvalue weighted by atomic mass is 32.2. The number of β-lactam (4-membered cyclic amide) rings is 1. The Morgan fingerprint density at radius 1 is 1.58 bits per heavy atom. The minimum atomic E-state index is -1.46. The van der Waals surface area contributed by atoms with E-state index in [4.69, 9.17) is 4.74 Å². The second-order valence-corrected chi connectivity index (χ2v) is 5.46. The van der Waals surface area contributed by atoms with Crippen molar-refractivity contribution in [2.45, 2.75) is 24.9 Å². The van der Waals surface area contributed by atoms with E-state index >= 15 is 0 Å². The fraction of sp³-hybridized carbons (Fsp3) is 0.545. The number of fused-ring (bicyclic) bond motifs is 1. The average molecular weight is 286 g/mol. The van der Waals surface area contributed by atoms with Gasteiger partial charge in [-0.1, -0.05) is 0 Å². The van der Waals surface area contributed by atoms with Crippen LogP contribution in [0.15, 0.2) is 11.3 Å². The number of hydrogen-bond acceptors (Lipinski definition) is 5. The van der Waals surface area contributed by atoms with Gasteiger partial charge in [-0.2, -0.15) is 0 Å². The van der Waals surface area contributed by atoms with Gasteiger partial charge in [0.05, 0.1) is 0 Å². The quantitative estimate of drug-likeness (QED) is 0.548. The van der Waals surface area contributed by atoms with Crippen molar-refractivity contribution in [1.29, 1.82) is 0 Å². The second-order valence-electron chi connectivity index (χ2n) is 4.39. The van der Waals surface area contributed by atoms with Crippen molar-refractivity contribution < 1.29 is 24.2 Å². The van der Waals surface area contributed by atoms with Gasteiger partial charge in [0.1, 0.15) is 11.1 Å². The zero-order chi connectivity index (χ0) is 14.4. The number of aliphatic carboxylic acids is 1. The lowest BCUT2D eigenvalue weighted by atomic mass is 9.98. The van der Waals surface area contributed by atoms with Crippen molar-refractivity contribution in [1.82, 2.24) is 10.2 Å². The van der Waals surface area contributed by atoms with Crippen LogP contribution < -0.4 is 5.32 Å². The monoisotopic (exact) mass is 286 g/mol. The Bertz CT molecular complexity index is 503. The summed E-state index contributed by atoms with van der Waals surface area (Å²) in [5.41, 5.74) is -0.862. The summed E-state index contributed by atoms with van der Waals surface area (Å²) in [6, 6.07) is 0. The molecule has 0 bridgehead atoms. The third-order valence-corrected chi connectivity index (χ3v) is 4.57. The normalized spacial score (nSPS) is 29.7. The molecule has 2 N–H and O–H groups in total. The lowest BCUT2D eigenvalue weighted by molar-refractivity contribution is -0.192. The number of carboxylic acids is 1. The van der Waals surface area contributed by atoms with E-state index in [1.807, 2.05) is 0 Å². The number of nitrogens with one attached hydrogen (secondary N) is 1. The number of carboxylic acid groups (broad SMARTS) is 1. The fourth-order valence-electron chi connectivity index (χ4n) is 2.30. The van der Waals surface area contributed by atoms with Crippen LogP contribution in [0.5, 0.6) is 0 Å². The lowest BCUT2D eigenvalue weighted by Crippen LogP contribution is -2.80. The molecule has 0 saturated carbocycles. The Morgan fingerprint density at radius 2 is 2.21 bits per heavy atom. The molecule has 0 radical (unpaired) electrons. The van der Waals surface area contributed by atoms with E-state index in [1.165, 1.54) is 30.7 Å². The highest BCUT2D eigenvalue weighted by Gasteiger charge is 2.66. The van der Waals surface area contributed by atoms with Gasteiger partial charge in [-0.3, -0.25) is 14.5 Å². The molecular weight excluding hydrogens is 272 g/mol. The summed E-state index contributed by atoms with van der Waals surface area (Å²) in [6.07, 6.45) is 0. The SMILES string of the molecule is COC1(NC(C)=O)C(=O)N2C(C(=O)O)=C(C)CS[C@@H]21. The summed E-state index contributed by atoms with van der Waals surface area (Å²) in [6.45, 7) is 2.95. The third-order valence-electron chi connectivity index (χ3n) is 3.11. The molecule has 0 aromatic rings. The Hall–Kier alpha value is -1.54. The van der Waals surface area contributed by atoms with Crippen molar-refractivity contribution >= 4 is 29.5 Å². The summed E-state index contributed by atoms with van der Waals surface area (Å²) in [5, 5.41) is 11.1. The summed E-state index contributed by atoms with van der Waals surface area (Å²) >= 11 is 1.36. The highest BCUT2D eigenvalue weighted by molar-refractivity contribution is 8.00. The second kappa shape index (κ2) is 4.53. The number of thioether (sulfide) groups is 1. The van der Waals surface area contributed by atoms with Gasteiger partial charge in [-0.25, -0.2) is 4.79 Å². The zero-order valence-corrected chi connectivity index (χ0v) is 11.5. The van der Waals surface area contributed by atoms with E-state index in [1.54, 1.807) is 6.92 Å². The molecule has 0 aliphatic carbocycles. The van der Waals surface area contributed by atoms with Crippen molar-refractivity contribution in [3.8, 4) is 0 Å². The van der Waals surface area contributed by atoms with Gasteiger partial charge >= 0.3 is 5.97 Å². The fourth-order valence-corrected chi connectivity index (χ4v) is 3.68. The molecule has 8 heteroatoms. The smallest absolute Gasteiger partial charge is 0.352 e. The van der Waals surface area contributed by atoms with Crippen LogP contribution >= 0.6 is 11.8 Å². The van der Waals surface area contributed by atoms with Crippen LogP contribution in [0.4, 0.5) is 0 Å². The molecular formula is C11H14N2O5S. The van der Waals surface area contributed by atoms with Crippen LogP contribution in [0.1, 0.15) is 13.8 Å². The standard InChI is InChI=1S/C11H14N2O5S/c1-5-4-19-10-11(18-3,12-6(2)14)9(17)13(10)7(5)8(15)16/h10H,4H2,1-3H3,(H,12,14)(H,15,16)/t10-,11?/m1/s1. The zero-order valence-electron chi connectivity index (χ0n) is 10.7. The first-order valence-corrected chi connectivity index (χ1v) is 6.62. The molecule has 104 valence electrons. The van der Waals surface area contributed by atoms with Gasteiger partial charge in [0.15, 0.2) is 0 Å². The van der Waals surface area contributed by atoms with Crippen LogP contribution in [-0.4, -0.2) is 51.8 Å². The van der Waals surface area contributed by atoms with E-state index in [9.17, 15) is 19.5 Å². The first-order valence-electron chi connectivity index (χ1n) is 5.57. The molecule has 2 atom stereocenters. The molecule has 7 nitrogen and oxygen atoms in total. The molecule has 2 amide bonds. The van der Waals surface area contributed by atoms with Gasteiger partial charge in [0.25, 0.3) is 11.6 Å². The summed E-state index contributed by atoms with van der Waals surface area (Å²) in [4.78, 5) is 35.8. The predicted octanol–water partition coefficient (Wildman–Crippen LogP) is -0.261. The summed E-state index contributed by atoms with van der Waals surface area (Å²) in [5.74, 6) is -1.64. The number of amides is 2. The Labute approximate surface area is 114 Å². The highest BCUT2D eigenvalue weighted by Crippen LogP contribution is 2.46. The molecule has 1 saturated heterocycles. The first kappa shape index (κ1) is 13.9. The van der Waals surface area contributed by atoms with Crippen LogP contribution in [0.3, 0.4) is 0 Å². The van der Waals surface area contributed by atoms with Crippen molar-refractivity contribution in [3.63, 3.8) is 0 Å². The molecule has 0 aromatic carbocycles. The van der Waals surface area contributed by atoms with Crippen LogP contribution in [-0.2, 0) is 19.1 Å². The van der Waals surface area contributed by atoms with Gasteiger partial charge in [0.2, 0.25) is 5.91 Å². The number of carbonyl (C=O) groups is 3. The molecule has 2 aliphatic rings. The van der Waals surface area contributed by atoms with E-state index < -0.39 is 28.9 Å². The molecule has 2 rings (SSSR count). The Balaban J connectivity index is 2.38. The number of nitrogens with zero attached hydrogens (tertiary/aromatic N) is 1. The van der Waals surface area contributed by atoms with Crippen LogP contribution in [0, 0.1) is 0 Å². The molecule has 19 heavy (non-hydrogen) atoms. The Kier molecular flexibility index (Phi) is 3.31. The van der Waals surface area contributed by atoms with Crippen molar-refractivity contribution in [3.05, 3.63) is 11.3 Å².